The first-order chi connectivity index (χ1) is 13.1. The van der Waals surface area contributed by atoms with E-state index in [1.165, 1.54) is 4.90 Å². The lowest BCUT2D eigenvalue weighted by Gasteiger charge is -2.29. The van der Waals surface area contributed by atoms with Crippen LogP contribution < -0.4 is 4.90 Å². The number of hydrogen-bond donors (Lipinski definition) is 0. The van der Waals surface area contributed by atoms with E-state index >= 15 is 0 Å². The molecule has 3 saturated heterocycles. The van der Waals surface area contributed by atoms with Crippen LogP contribution in [0.2, 0.25) is 0 Å². The molecular formula is C21H20BrN3O2. The minimum Gasteiger partial charge on any atom is -0.274 e. The van der Waals surface area contributed by atoms with Gasteiger partial charge >= 0.3 is 0 Å². The smallest absolute Gasteiger partial charge is 0.253 e. The summed E-state index contributed by atoms with van der Waals surface area (Å²) in [4.78, 5) is 28.1. The topological polar surface area (TPSA) is 43.9 Å². The van der Waals surface area contributed by atoms with Crippen LogP contribution in [0.5, 0.6) is 0 Å². The minimum absolute atomic E-state index is 0.0856. The second-order valence-electron chi connectivity index (χ2n) is 7.49. The highest BCUT2D eigenvalue weighted by molar-refractivity contribution is 9.10. The fourth-order valence-corrected chi connectivity index (χ4v) is 4.99. The van der Waals surface area contributed by atoms with E-state index in [9.17, 15) is 9.59 Å². The lowest BCUT2D eigenvalue weighted by atomic mass is 9.90. The van der Waals surface area contributed by atoms with Gasteiger partial charge in [0.05, 0.1) is 17.6 Å². The minimum atomic E-state index is -0.394. The molecule has 0 aromatic heterocycles. The number of halogens is 1. The van der Waals surface area contributed by atoms with Crippen LogP contribution in [-0.4, -0.2) is 41.0 Å². The largest absolute Gasteiger partial charge is 0.274 e. The third kappa shape index (κ3) is 2.51. The first kappa shape index (κ1) is 17.1. The summed E-state index contributed by atoms with van der Waals surface area (Å²) in [6, 6.07) is 15.2. The Morgan fingerprint density at radius 1 is 0.852 bits per heavy atom. The zero-order valence-electron chi connectivity index (χ0n) is 15.0. The van der Waals surface area contributed by atoms with Crippen LogP contribution >= 0.6 is 15.9 Å². The molecular weight excluding hydrogens is 406 g/mol. The van der Waals surface area contributed by atoms with E-state index in [1.807, 2.05) is 43.3 Å². The van der Waals surface area contributed by atoms with E-state index in [4.69, 9.17) is 0 Å². The van der Waals surface area contributed by atoms with E-state index in [2.05, 4.69) is 38.1 Å². The van der Waals surface area contributed by atoms with Crippen molar-refractivity contribution in [3.05, 3.63) is 64.1 Å². The van der Waals surface area contributed by atoms with Crippen molar-refractivity contribution in [2.75, 3.05) is 18.0 Å². The molecule has 3 aliphatic heterocycles. The Balaban J connectivity index is 1.57. The van der Waals surface area contributed by atoms with Gasteiger partial charge in [-0.3, -0.25) is 9.59 Å². The molecule has 3 heterocycles. The molecule has 2 amide bonds. The first-order valence-corrected chi connectivity index (χ1v) is 10.1. The summed E-state index contributed by atoms with van der Waals surface area (Å²) in [5.74, 6) is -0.545. The third-order valence-electron chi connectivity index (χ3n) is 5.91. The summed E-state index contributed by atoms with van der Waals surface area (Å²) >= 11 is 3.48. The fourth-order valence-electron chi connectivity index (χ4n) is 4.72. The Kier molecular flexibility index (Phi) is 3.96. The van der Waals surface area contributed by atoms with Gasteiger partial charge in [-0.15, -0.1) is 0 Å². The molecule has 0 radical (unpaired) electrons. The number of aryl methyl sites for hydroxylation is 1. The maximum Gasteiger partial charge on any atom is 0.253 e. The maximum atomic E-state index is 13.4. The van der Waals surface area contributed by atoms with Crippen LogP contribution in [0, 0.1) is 12.8 Å². The van der Waals surface area contributed by atoms with E-state index in [0.717, 1.165) is 35.1 Å². The molecule has 3 atom stereocenters. The summed E-state index contributed by atoms with van der Waals surface area (Å²) in [6.45, 7) is 3.71. The van der Waals surface area contributed by atoms with Gasteiger partial charge in [-0.25, -0.2) is 14.9 Å². The molecule has 0 unspecified atom stereocenters. The predicted octanol–water partition coefficient (Wildman–Crippen LogP) is 3.29. The number of rotatable bonds is 2. The molecule has 2 aromatic rings. The number of carbonyl (C=O) groups excluding carboxylic acids is 2. The van der Waals surface area contributed by atoms with Gasteiger partial charge in [0.2, 0.25) is 5.91 Å². The molecule has 0 N–H and O–H groups in total. The van der Waals surface area contributed by atoms with E-state index < -0.39 is 6.04 Å². The highest BCUT2D eigenvalue weighted by Gasteiger charge is 2.62. The number of hydrogen-bond acceptors (Lipinski definition) is 4. The number of hydrazine groups is 1. The predicted molar refractivity (Wildman–Crippen MR) is 106 cm³/mol. The van der Waals surface area contributed by atoms with Crippen molar-refractivity contribution < 1.29 is 9.59 Å². The molecule has 3 aliphatic rings. The first-order valence-electron chi connectivity index (χ1n) is 9.29. The van der Waals surface area contributed by atoms with Gasteiger partial charge in [-0.05, 0) is 43.2 Å². The van der Waals surface area contributed by atoms with Crippen LogP contribution in [0.3, 0.4) is 0 Å². The third-order valence-corrected chi connectivity index (χ3v) is 6.44. The summed E-state index contributed by atoms with van der Waals surface area (Å²) in [5.41, 5.74) is 2.87. The Hall–Kier alpha value is -2.02. The highest BCUT2D eigenvalue weighted by atomic mass is 79.9. The van der Waals surface area contributed by atoms with Gasteiger partial charge in [0, 0.05) is 17.6 Å². The highest BCUT2D eigenvalue weighted by Crippen LogP contribution is 2.48. The van der Waals surface area contributed by atoms with Crippen molar-refractivity contribution in [1.82, 2.24) is 10.0 Å². The molecule has 6 heteroatoms. The Bertz CT molecular complexity index is 912. The van der Waals surface area contributed by atoms with Gasteiger partial charge in [-0.2, -0.15) is 0 Å². The van der Waals surface area contributed by atoms with E-state index in [1.54, 1.807) is 0 Å². The van der Waals surface area contributed by atoms with Crippen molar-refractivity contribution in [2.24, 2.45) is 5.92 Å². The quantitative estimate of drug-likeness (QED) is 0.692. The summed E-state index contributed by atoms with van der Waals surface area (Å²) in [5, 5.41) is 4.37. The number of imide groups is 1. The van der Waals surface area contributed by atoms with Crippen LogP contribution in [0.15, 0.2) is 53.0 Å². The van der Waals surface area contributed by atoms with Crippen molar-refractivity contribution in [1.29, 1.82) is 0 Å². The molecule has 0 aliphatic carbocycles. The van der Waals surface area contributed by atoms with Gasteiger partial charge < -0.3 is 0 Å². The molecule has 5 nitrogen and oxygen atoms in total. The van der Waals surface area contributed by atoms with Crippen LogP contribution in [-0.2, 0) is 9.59 Å². The zero-order valence-corrected chi connectivity index (χ0v) is 16.6. The second-order valence-corrected chi connectivity index (χ2v) is 8.41. The number of anilines is 1. The fraction of sp³-hybridized carbons (Fsp3) is 0.333. The average molecular weight is 426 g/mol. The molecule has 0 spiro atoms. The summed E-state index contributed by atoms with van der Waals surface area (Å²) < 4.78 is 1.01. The summed E-state index contributed by atoms with van der Waals surface area (Å²) in [6.07, 6.45) is 1.02. The van der Waals surface area contributed by atoms with Crippen molar-refractivity contribution in [3.8, 4) is 0 Å². The van der Waals surface area contributed by atoms with Gasteiger partial charge in [0.1, 0.15) is 6.04 Å². The molecule has 5 rings (SSSR count). The van der Waals surface area contributed by atoms with Crippen molar-refractivity contribution in [3.63, 3.8) is 0 Å². The number of amides is 2. The van der Waals surface area contributed by atoms with E-state index in [-0.39, 0.29) is 23.8 Å². The molecule has 27 heavy (non-hydrogen) atoms. The number of fused-ring (bicyclic) bond motifs is 3. The maximum absolute atomic E-state index is 13.4. The number of carbonyl (C=O) groups is 2. The van der Waals surface area contributed by atoms with Crippen molar-refractivity contribution in [2.45, 2.75) is 25.4 Å². The molecule has 3 fully saturated rings. The molecule has 0 saturated carbocycles. The molecule has 138 valence electrons. The Labute approximate surface area is 166 Å². The Morgan fingerprint density at radius 2 is 1.48 bits per heavy atom. The SMILES string of the molecule is Cc1ccc(N2C(=O)[C@@H]3[C@@H](C2=O)N2CCCN2[C@@H]3c2ccc(Br)cc2)cc1. The lowest BCUT2D eigenvalue weighted by molar-refractivity contribution is -0.126. The lowest BCUT2D eigenvalue weighted by Crippen LogP contribution is -2.44. The van der Waals surface area contributed by atoms with Crippen LogP contribution in [0.1, 0.15) is 23.6 Å². The number of benzene rings is 2. The standard InChI is InChI=1S/C21H20BrN3O2/c1-13-3-9-16(10-4-13)25-20(26)17-18(14-5-7-15(22)8-6-14)23-11-2-12-24(23)19(17)21(25)27/h3-10,17-19H,2,11-12H2,1H3/t17-,18+,19-/m0/s1. The van der Waals surface area contributed by atoms with Crippen molar-refractivity contribution >= 4 is 33.4 Å². The van der Waals surface area contributed by atoms with Gasteiger partial charge in [0.15, 0.2) is 0 Å². The average Bonchev–Trinajstić information content (AvgIpc) is 3.30. The Morgan fingerprint density at radius 3 is 2.15 bits per heavy atom. The monoisotopic (exact) mass is 425 g/mol. The van der Waals surface area contributed by atoms with Gasteiger partial charge in [0.25, 0.3) is 5.91 Å². The zero-order chi connectivity index (χ0) is 18.7. The van der Waals surface area contributed by atoms with Gasteiger partial charge in [-0.1, -0.05) is 45.8 Å². The van der Waals surface area contributed by atoms with Crippen LogP contribution in [0.25, 0.3) is 0 Å². The van der Waals surface area contributed by atoms with E-state index in [0.29, 0.717) is 5.69 Å². The normalized spacial score (nSPS) is 28.1. The molecule has 2 aromatic carbocycles. The summed E-state index contributed by atoms with van der Waals surface area (Å²) in [7, 11) is 0. The number of nitrogens with zero attached hydrogens (tertiary/aromatic N) is 3. The van der Waals surface area contributed by atoms with Crippen LogP contribution in [0.4, 0.5) is 5.69 Å². The second kappa shape index (κ2) is 6.26. The molecule has 0 bridgehead atoms.